The zero-order valence-electron chi connectivity index (χ0n) is 16.6. The van der Waals surface area contributed by atoms with Gasteiger partial charge in [0.2, 0.25) is 0 Å². The van der Waals surface area contributed by atoms with Crippen LogP contribution in [0.3, 0.4) is 0 Å². The molecule has 0 saturated carbocycles. The summed E-state index contributed by atoms with van der Waals surface area (Å²) in [5.74, 6) is -0.783. The van der Waals surface area contributed by atoms with Crippen molar-refractivity contribution >= 4 is 12.0 Å². The Morgan fingerprint density at radius 2 is 2.00 bits per heavy atom. The average Bonchev–Trinajstić information content (AvgIpc) is 3.01. The monoisotopic (exact) mass is 401 g/mol. The number of hydrogen-bond acceptors (Lipinski definition) is 5. The van der Waals surface area contributed by atoms with Crippen molar-refractivity contribution in [1.29, 1.82) is 0 Å². The fraction of sp³-hybridized carbons (Fsp3) is 0.381. The number of rotatable bonds is 3. The number of likely N-dealkylation sites (tertiary alicyclic amines) is 1. The molecule has 1 aliphatic rings. The molecular formula is C21H24FN3O4. The fourth-order valence-electron chi connectivity index (χ4n) is 3.00. The number of nitrogens with zero attached hydrogens (tertiary/aromatic N) is 2. The van der Waals surface area contributed by atoms with Gasteiger partial charge in [0.05, 0.1) is 29.9 Å². The maximum atomic E-state index is 13.4. The highest BCUT2D eigenvalue weighted by Gasteiger charge is 2.37. The molecule has 154 valence electrons. The van der Waals surface area contributed by atoms with E-state index in [-0.39, 0.29) is 18.9 Å². The van der Waals surface area contributed by atoms with Gasteiger partial charge in [0.25, 0.3) is 5.91 Å². The Hall–Kier alpha value is -3.00. The first kappa shape index (κ1) is 20.7. The van der Waals surface area contributed by atoms with E-state index in [0.717, 1.165) is 0 Å². The molecule has 2 heterocycles. The molecule has 7 nitrogen and oxygen atoms in total. The molecule has 1 saturated heterocycles. The number of carbonyl (C=O) groups excluding carboxylic acids is 2. The summed E-state index contributed by atoms with van der Waals surface area (Å²) in [6.07, 6.45) is -0.0388. The number of halogens is 1. The van der Waals surface area contributed by atoms with Crippen LogP contribution in [0.25, 0.3) is 11.3 Å². The van der Waals surface area contributed by atoms with Gasteiger partial charge in [-0.15, -0.1) is 0 Å². The van der Waals surface area contributed by atoms with Crippen molar-refractivity contribution in [3.8, 4) is 11.3 Å². The minimum absolute atomic E-state index is 0.0800. The SMILES string of the molecule is CC(C)(C)OC(=O)N1CC(O)C(NC(=O)c2ccc(-c3cccc(F)c3)nc2)C1. The van der Waals surface area contributed by atoms with E-state index in [1.807, 2.05) is 0 Å². The third-order valence-electron chi connectivity index (χ3n) is 4.40. The molecule has 0 radical (unpaired) electrons. The Morgan fingerprint density at radius 3 is 2.62 bits per heavy atom. The number of amides is 2. The van der Waals surface area contributed by atoms with E-state index in [1.54, 1.807) is 45.0 Å². The molecule has 2 atom stereocenters. The Kier molecular flexibility index (Phi) is 5.83. The van der Waals surface area contributed by atoms with Crippen molar-refractivity contribution in [2.24, 2.45) is 0 Å². The van der Waals surface area contributed by atoms with E-state index in [0.29, 0.717) is 16.8 Å². The van der Waals surface area contributed by atoms with Gasteiger partial charge in [-0.3, -0.25) is 9.78 Å². The van der Waals surface area contributed by atoms with Gasteiger partial charge in [0.1, 0.15) is 11.4 Å². The lowest BCUT2D eigenvalue weighted by Crippen LogP contribution is -2.43. The number of carbonyl (C=O) groups is 2. The molecule has 0 bridgehead atoms. The van der Waals surface area contributed by atoms with Gasteiger partial charge in [-0.25, -0.2) is 9.18 Å². The van der Waals surface area contributed by atoms with Gasteiger partial charge in [0, 0.05) is 18.3 Å². The lowest BCUT2D eigenvalue weighted by molar-refractivity contribution is 0.0269. The normalized spacial score (nSPS) is 19.1. The minimum atomic E-state index is -0.897. The number of nitrogens with one attached hydrogen (secondary N) is 1. The highest BCUT2D eigenvalue weighted by molar-refractivity contribution is 5.94. The van der Waals surface area contributed by atoms with Crippen molar-refractivity contribution in [2.75, 3.05) is 13.1 Å². The first-order valence-electron chi connectivity index (χ1n) is 9.31. The van der Waals surface area contributed by atoms with Crippen LogP contribution < -0.4 is 5.32 Å². The summed E-state index contributed by atoms with van der Waals surface area (Å²) < 4.78 is 18.6. The van der Waals surface area contributed by atoms with Gasteiger partial charge in [-0.1, -0.05) is 12.1 Å². The third kappa shape index (κ3) is 5.29. The Balaban J connectivity index is 1.62. The molecule has 1 aliphatic heterocycles. The van der Waals surface area contributed by atoms with Crippen LogP contribution >= 0.6 is 0 Å². The fourth-order valence-corrected chi connectivity index (χ4v) is 3.00. The predicted molar refractivity (Wildman–Crippen MR) is 105 cm³/mol. The van der Waals surface area contributed by atoms with E-state index in [9.17, 15) is 19.1 Å². The molecular weight excluding hydrogens is 377 g/mol. The second-order valence-electron chi connectivity index (χ2n) is 7.98. The number of benzene rings is 1. The number of pyridine rings is 1. The first-order chi connectivity index (χ1) is 13.6. The maximum Gasteiger partial charge on any atom is 0.410 e. The van der Waals surface area contributed by atoms with Crippen molar-refractivity contribution in [3.05, 3.63) is 54.0 Å². The average molecular weight is 401 g/mol. The predicted octanol–water partition coefficient (Wildman–Crippen LogP) is 2.60. The molecule has 1 aromatic heterocycles. The van der Waals surface area contributed by atoms with Crippen LogP contribution in [-0.2, 0) is 4.74 Å². The Morgan fingerprint density at radius 1 is 1.24 bits per heavy atom. The largest absolute Gasteiger partial charge is 0.444 e. The zero-order chi connectivity index (χ0) is 21.2. The molecule has 2 unspecified atom stereocenters. The van der Waals surface area contributed by atoms with E-state index in [2.05, 4.69) is 10.3 Å². The van der Waals surface area contributed by atoms with Crippen molar-refractivity contribution in [2.45, 2.75) is 38.5 Å². The summed E-state index contributed by atoms with van der Waals surface area (Å²) in [5.41, 5.74) is 0.806. The second kappa shape index (κ2) is 8.16. The lowest BCUT2D eigenvalue weighted by Gasteiger charge is -2.24. The van der Waals surface area contributed by atoms with Crippen LogP contribution in [0.4, 0.5) is 9.18 Å². The number of aromatic nitrogens is 1. The third-order valence-corrected chi connectivity index (χ3v) is 4.40. The smallest absolute Gasteiger partial charge is 0.410 e. The van der Waals surface area contributed by atoms with Crippen molar-refractivity contribution in [1.82, 2.24) is 15.2 Å². The summed E-state index contributed by atoms with van der Waals surface area (Å²) >= 11 is 0. The van der Waals surface area contributed by atoms with E-state index in [1.165, 1.54) is 23.2 Å². The summed E-state index contributed by atoms with van der Waals surface area (Å²) in [4.78, 5) is 30.2. The quantitative estimate of drug-likeness (QED) is 0.825. The van der Waals surface area contributed by atoms with Crippen LogP contribution in [0, 0.1) is 5.82 Å². The van der Waals surface area contributed by atoms with E-state index < -0.39 is 29.7 Å². The van der Waals surface area contributed by atoms with Crippen LogP contribution in [0.15, 0.2) is 42.6 Å². The maximum absolute atomic E-state index is 13.4. The summed E-state index contributed by atoms with van der Waals surface area (Å²) in [7, 11) is 0. The lowest BCUT2D eigenvalue weighted by atomic mass is 10.1. The van der Waals surface area contributed by atoms with Gasteiger partial charge >= 0.3 is 6.09 Å². The topological polar surface area (TPSA) is 91.8 Å². The molecule has 1 fully saturated rings. The molecule has 8 heteroatoms. The number of ether oxygens (including phenoxy) is 1. The zero-order valence-corrected chi connectivity index (χ0v) is 16.6. The number of aliphatic hydroxyl groups is 1. The van der Waals surface area contributed by atoms with E-state index in [4.69, 9.17) is 4.74 Å². The van der Waals surface area contributed by atoms with E-state index >= 15 is 0 Å². The van der Waals surface area contributed by atoms with Crippen LogP contribution in [-0.4, -0.2) is 57.8 Å². The number of β-amino-alcohol motifs (C(OH)–C–C–N with tert-alkyl or cyclic N) is 1. The van der Waals surface area contributed by atoms with Gasteiger partial charge < -0.3 is 20.1 Å². The van der Waals surface area contributed by atoms with Crippen molar-refractivity contribution < 1.29 is 23.8 Å². The van der Waals surface area contributed by atoms with Gasteiger partial charge in [-0.2, -0.15) is 0 Å². The summed E-state index contributed by atoms with van der Waals surface area (Å²) in [5, 5.41) is 12.9. The van der Waals surface area contributed by atoms with Crippen LogP contribution in [0.2, 0.25) is 0 Å². The molecule has 0 spiro atoms. The Labute approximate surface area is 168 Å². The molecule has 3 rings (SSSR count). The summed E-state index contributed by atoms with van der Waals surface area (Å²) in [6, 6.07) is 8.62. The standard InChI is InChI=1S/C21H24FN3O4/c1-21(2,3)29-20(28)25-11-17(18(26)12-25)24-19(27)14-7-8-16(23-10-14)13-5-4-6-15(22)9-13/h4-10,17-18,26H,11-12H2,1-3H3,(H,24,27). The number of aliphatic hydroxyl groups excluding tert-OH is 1. The van der Waals surface area contributed by atoms with Crippen molar-refractivity contribution in [3.63, 3.8) is 0 Å². The van der Waals surface area contributed by atoms with Crippen LogP contribution in [0.1, 0.15) is 31.1 Å². The molecule has 2 aromatic rings. The molecule has 29 heavy (non-hydrogen) atoms. The molecule has 2 N–H and O–H groups in total. The minimum Gasteiger partial charge on any atom is -0.444 e. The number of hydrogen-bond donors (Lipinski definition) is 2. The highest BCUT2D eigenvalue weighted by Crippen LogP contribution is 2.19. The van der Waals surface area contributed by atoms with Crippen LogP contribution in [0.5, 0.6) is 0 Å². The first-order valence-corrected chi connectivity index (χ1v) is 9.31. The highest BCUT2D eigenvalue weighted by atomic mass is 19.1. The summed E-state index contributed by atoms with van der Waals surface area (Å²) in [6.45, 7) is 5.51. The second-order valence-corrected chi connectivity index (χ2v) is 7.98. The molecule has 2 amide bonds. The van der Waals surface area contributed by atoms with Gasteiger partial charge in [0.15, 0.2) is 0 Å². The Bertz CT molecular complexity index is 896. The molecule has 1 aromatic carbocycles. The molecule has 0 aliphatic carbocycles. The van der Waals surface area contributed by atoms with Gasteiger partial charge in [-0.05, 0) is 45.0 Å².